The van der Waals surface area contributed by atoms with Gasteiger partial charge in [-0.2, -0.15) is 0 Å². The summed E-state index contributed by atoms with van der Waals surface area (Å²) in [6, 6.07) is 5.53. The molecule has 0 N–H and O–H groups in total. The molecule has 4 nitrogen and oxygen atoms in total. The van der Waals surface area contributed by atoms with E-state index in [2.05, 4.69) is 0 Å². The lowest BCUT2D eigenvalue weighted by Crippen LogP contribution is -2.22. The number of esters is 2. The fourth-order valence-corrected chi connectivity index (χ4v) is 4.41. The molecule has 0 radical (unpaired) electrons. The van der Waals surface area contributed by atoms with Gasteiger partial charge in [0.2, 0.25) is 3.79 Å². The molecule has 0 saturated heterocycles. The first-order chi connectivity index (χ1) is 13.3. The maximum absolute atomic E-state index is 11.6. The van der Waals surface area contributed by atoms with Crippen LogP contribution in [-0.2, 0) is 9.59 Å². The molecule has 0 spiro atoms. The topological polar surface area (TPSA) is 52.6 Å². The van der Waals surface area contributed by atoms with Crippen LogP contribution in [0.2, 0.25) is 20.1 Å². The van der Waals surface area contributed by atoms with E-state index in [9.17, 15) is 9.59 Å². The zero-order chi connectivity index (χ0) is 22.1. The van der Waals surface area contributed by atoms with Crippen LogP contribution in [0.4, 0.5) is 0 Å². The average Bonchev–Trinajstić information content (AvgIpc) is 2.52. The number of ether oxygens (including phenoxy) is 2. The predicted molar refractivity (Wildman–Crippen MR) is 118 cm³/mol. The number of alkyl halides is 3. The van der Waals surface area contributed by atoms with E-state index in [4.69, 9.17) is 90.7 Å². The van der Waals surface area contributed by atoms with Gasteiger partial charge in [-0.3, -0.25) is 9.59 Å². The molecule has 29 heavy (non-hydrogen) atoms. The van der Waals surface area contributed by atoms with Gasteiger partial charge in [0.25, 0.3) is 0 Å². The lowest BCUT2D eigenvalue weighted by atomic mass is 9.90. The Morgan fingerprint density at radius 1 is 0.759 bits per heavy atom. The summed E-state index contributed by atoms with van der Waals surface area (Å²) in [5.41, 5.74) is 0.286. The molecule has 0 amide bonds. The van der Waals surface area contributed by atoms with E-state index in [1.165, 1.54) is 38.1 Å². The monoisotopic (exact) mass is 536 g/mol. The molecule has 0 bridgehead atoms. The average molecular weight is 539 g/mol. The third-order valence-corrected chi connectivity index (χ3v) is 5.17. The normalized spacial score (nSPS) is 11.5. The van der Waals surface area contributed by atoms with Crippen LogP contribution in [0.15, 0.2) is 24.3 Å². The van der Waals surface area contributed by atoms with Crippen LogP contribution in [0.25, 0.3) is 0 Å². The zero-order valence-corrected chi connectivity index (χ0v) is 20.0. The standard InChI is InChI=1S/C18H11Cl7O4/c1-7(26)28-16-11(3-9(19)5-13(16)21)15(18(23,24)25)12-4-10(20)6-14(22)17(12)29-8(2)27/h3-6,15H,1-2H3. The molecule has 0 aliphatic rings. The van der Waals surface area contributed by atoms with Crippen LogP contribution in [0, 0.1) is 0 Å². The Hall–Kier alpha value is -0.590. The van der Waals surface area contributed by atoms with Gasteiger partial charge in [0.15, 0.2) is 11.5 Å². The first-order valence-corrected chi connectivity index (χ1v) is 10.4. The number of benzene rings is 2. The van der Waals surface area contributed by atoms with Crippen molar-refractivity contribution in [3.05, 3.63) is 55.5 Å². The van der Waals surface area contributed by atoms with Gasteiger partial charge in [0.1, 0.15) is 0 Å². The second-order valence-electron chi connectivity index (χ2n) is 5.77. The molecule has 0 unspecified atom stereocenters. The van der Waals surface area contributed by atoms with Gasteiger partial charge in [0.05, 0.1) is 16.0 Å². The van der Waals surface area contributed by atoms with Crippen molar-refractivity contribution in [2.45, 2.75) is 23.6 Å². The number of carbonyl (C=O) groups excluding carboxylic acids is 2. The van der Waals surface area contributed by atoms with E-state index in [0.29, 0.717) is 0 Å². The largest absolute Gasteiger partial charge is 0.425 e. The Morgan fingerprint density at radius 3 is 1.38 bits per heavy atom. The lowest BCUT2D eigenvalue weighted by Gasteiger charge is -2.29. The highest BCUT2D eigenvalue weighted by Gasteiger charge is 2.41. The quantitative estimate of drug-likeness (QED) is 0.228. The summed E-state index contributed by atoms with van der Waals surface area (Å²) in [5, 5.41) is 0.373. The maximum Gasteiger partial charge on any atom is 0.308 e. The molecule has 2 aromatic carbocycles. The third kappa shape index (κ3) is 6.20. The first-order valence-electron chi connectivity index (χ1n) is 7.72. The molecule has 2 rings (SSSR count). The summed E-state index contributed by atoms with van der Waals surface area (Å²) >= 11 is 43.5. The Morgan fingerprint density at radius 2 is 1.10 bits per heavy atom. The summed E-state index contributed by atoms with van der Waals surface area (Å²) in [5.74, 6) is -2.68. The molecule has 156 valence electrons. The van der Waals surface area contributed by atoms with Crippen LogP contribution in [0.1, 0.15) is 30.9 Å². The highest BCUT2D eigenvalue weighted by atomic mass is 35.6. The minimum Gasteiger partial charge on any atom is -0.425 e. The van der Waals surface area contributed by atoms with Crippen molar-refractivity contribution in [1.82, 2.24) is 0 Å². The van der Waals surface area contributed by atoms with E-state index in [1.54, 1.807) is 0 Å². The SMILES string of the molecule is CC(=O)Oc1c(Cl)cc(Cl)cc1C(c1cc(Cl)cc(Cl)c1OC(C)=O)C(Cl)(Cl)Cl. The lowest BCUT2D eigenvalue weighted by molar-refractivity contribution is -0.132. The molecule has 0 aromatic heterocycles. The highest BCUT2D eigenvalue weighted by molar-refractivity contribution is 6.68. The second kappa shape index (κ2) is 9.69. The predicted octanol–water partition coefficient (Wildman–Crippen LogP) is 7.65. The van der Waals surface area contributed by atoms with Gasteiger partial charge in [-0.25, -0.2) is 0 Å². The fraction of sp³-hybridized carbons (Fsp3) is 0.222. The zero-order valence-electron chi connectivity index (χ0n) is 14.7. The summed E-state index contributed by atoms with van der Waals surface area (Å²) < 4.78 is 8.41. The van der Waals surface area contributed by atoms with Crippen LogP contribution in [0.5, 0.6) is 11.5 Å². The Bertz CT molecular complexity index is 898. The number of carbonyl (C=O) groups is 2. The van der Waals surface area contributed by atoms with Gasteiger partial charge in [-0.15, -0.1) is 0 Å². The van der Waals surface area contributed by atoms with Crippen molar-refractivity contribution in [1.29, 1.82) is 0 Å². The fourth-order valence-electron chi connectivity index (χ4n) is 2.61. The van der Waals surface area contributed by atoms with Crippen molar-refractivity contribution < 1.29 is 19.1 Å². The summed E-state index contributed by atoms with van der Waals surface area (Å²) in [7, 11) is 0. The molecule has 0 fully saturated rings. The van der Waals surface area contributed by atoms with Crippen molar-refractivity contribution in [2.24, 2.45) is 0 Å². The van der Waals surface area contributed by atoms with Gasteiger partial charge in [-0.1, -0.05) is 81.2 Å². The molecule has 0 saturated carbocycles. The van der Waals surface area contributed by atoms with Crippen LogP contribution >= 0.6 is 81.2 Å². The highest BCUT2D eigenvalue weighted by Crippen LogP contribution is 2.53. The molecule has 0 aliphatic carbocycles. The van der Waals surface area contributed by atoms with Gasteiger partial charge in [-0.05, 0) is 24.3 Å². The van der Waals surface area contributed by atoms with Crippen molar-refractivity contribution in [3.63, 3.8) is 0 Å². The first kappa shape index (κ1) is 24.7. The Labute approximate surface area is 201 Å². The molecular formula is C18H11Cl7O4. The van der Waals surface area contributed by atoms with Crippen LogP contribution in [-0.4, -0.2) is 15.7 Å². The van der Waals surface area contributed by atoms with Crippen molar-refractivity contribution >= 4 is 93.1 Å². The molecule has 0 atom stereocenters. The molecule has 0 aliphatic heterocycles. The minimum atomic E-state index is -2.05. The number of halogens is 7. The van der Waals surface area contributed by atoms with E-state index < -0.39 is 21.6 Å². The summed E-state index contributed by atoms with van der Waals surface area (Å²) in [6.07, 6.45) is 0. The smallest absolute Gasteiger partial charge is 0.308 e. The van der Waals surface area contributed by atoms with Gasteiger partial charge in [0, 0.05) is 35.0 Å². The molecule has 2 aromatic rings. The third-order valence-electron chi connectivity index (χ3n) is 3.52. The van der Waals surface area contributed by atoms with Crippen molar-refractivity contribution in [3.8, 4) is 11.5 Å². The second-order valence-corrected chi connectivity index (χ2v) is 9.83. The van der Waals surface area contributed by atoms with Crippen molar-refractivity contribution in [2.75, 3.05) is 0 Å². The van der Waals surface area contributed by atoms with E-state index >= 15 is 0 Å². The Balaban J connectivity index is 2.90. The summed E-state index contributed by atoms with van der Waals surface area (Å²) in [6.45, 7) is 2.36. The van der Waals surface area contributed by atoms with E-state index in [0.717, 1.165) is 0 Å². The molecule has 11 heteroatoms. The van der Waals surface area contributed by atoms with Gasteiger partial charge >= 0.3 is 11.9 Å². The van der Waals surface area contributed by atoms with Crippen LogP contribution < -0.4 is 9.47 Å². The number of hydrogen-bond acceptors (Lipinski definition) is 4. The minimum absolute atomic E-state index is 0.00381. The summed E-state index contributed by atoms with van der Waals surface area (Å²) in [4.78, 5) is 23.2. The number of rotatable bonds is 4. The van der Waals surface area contributed by atoms with Crippen LogP contribution in [0.3, 0.4) is 0 Å². The van der Waals surface area contributed by atoms with E-state index in [1.807, 2.05) is 0 Å². The van der Waals surface area contributed by atoms with E-state index in [-0.39, 0.29) is 42.7 Å². The maximum atomic E-state index is 11.6. The Kier molecular flexibility index (Phi) is 8.25. The molecule has 0 heterocycles. The molecular weight excluding hydrogens is 528 g/mol. The number of hydrogen-bond donors (Lipinski definition) is 0. The van der Waals surface area contributed by atoms with Gasteiger partial charge < -0.3 is 9.47 Å².